The molecule has 4 heteroatoms. The summed E-state index contributed by atoms with van der Waals surface area (Å²) in [7, 11) is 2.11. The summed E-state index contributed by atoms with van der Waals surface area (Å²) in [6.45, 7) is 4.22. The molecule has 0 spiro atoms. The monoisotopic (exact) mass is 261 g/mol. The average Bonchev–Trinajstić information content (AvgIpc) is 2.89. The number of hydrogen-bond donors (Lipinski definition) is 2. The van der Waals surface area contributed by atoms with Crippen molar-refractivity contribution < 1.29 is 5.11 Å². The molecule has 0 saturated heterocycles. The van der Waals surface area contributed by atoms with E-state index in [1.165, 1.54) is 12.8 Å². The number of hydrogen-bond acceptors (Lipinski definition) is 3. The van der Waals surface area contributed by atoms with Crippen molar-refractivity contribution in [1.82, 2.24) is 15.1 Å². The van der Waals surface area contributed by atoms with E-state index in [4.69, 9.17) is 0 Å². The Morgan fingerprint density at radius 1 is 1.37 bits per heavy atom. The van der Waals surface area contributed by atoms with Gasteiger partial charge in [-0.2, -0.15) is 5.10 Å². The number of nitrogens with zero attached hydrogens (tertiary/aromatic N) is 2. The van der Waals surface area contributed by atoms with Gasteiger partial charge in [-0.05, 0) is 44.1 Å². The van der Waals surface area contributed by atoms with Gasteiger partial charge in [0, 0.05) is 11.9 Å². The lowest BCUT2D eigenvalue weighted by Gasteiger charge is -2.18. The number of nitrogens with one attached hydrogen (secondary N) is 1. The van der Waals surface area contributed by atoms with E-state index in [2.05, 4.69) is 29.1 Å². The van der Waals surface area contributed by atoms with Crippen molar-refractivity contribution >= 4 is 10.9 Å². The third-order valence-corrected chi connectivity index (χ3v) is 3.53. The first-order valence-electron chi connectivity index (χ1n) is 7.00. The maximum absolute atomic E-state index is 10.2. The molecule has 1 aromatic heterocycles. The summed E-state index contributed by atoms with van der Waals surface area (Å²) in [5, 5.41) is 18.2. The highest BCUT2D eigenvalue weighted by molar-refractivity contribution is 5.78. The van der Waals surface area contributed by atoms with E-state index >= 15 is 0 Å². The first-order valence-corrected chi connectivity index (χ1v) is 7.00. The van der Waals surface area contributed by atoms with Gasteiger partial charge in [0.2, 0.25) is 0 Å². The summed E-state index contributed by atoms with van der Waals surface area (Å²) in [4.78, 5) is 2.28. The zero-order valence-corrected chi connectivity index (χ0v) is 11.8. The van der Waals surface area contributed by atoms with Gasteiger partial charge >= 0.3 is 0 Å². The lowest BCUT2D eigenvalue weighted by atomic mass is 10.0. The van der Waals surface area contributed by atoms with Crippen molar-refractivity contribution in [3.8, 4) is 0 Å². The summed E-state index contributed by atoms with van der Waals surface area (Å²) < 4.78 is 0. The first-order chi connectivity index (χ1) is 9.20. The Morgan fingerprint density at radius 2 is 2.21 bits per heavy atom. The number of unbranched alkanes of at least 4 members (excludes halogenated alkanes) is 1. The van der Waals surface area contributed by atoms with Crippen LogP contribution >= 0.6 is 0 Å². The quantitative estimate of drug-likeness (QED) is 0.805. The van der Waals surface area contributed by atoms with Gasteiger partial charge in [-0.25, -0.2) is 0 Å². The number of aromatic amines is 1. The van der Waals surface area contributed by atoms with Gasteiger partial charge in [0.15, 0.2) is 0 Å². The molecule has 104 valence electrons. The molecule has 0 aliphatic carbocycles. The van der Waals surface area contributed by atoms with E-state index in [-0.39, 0.29) is 0 Å². The fourth-order valence-corrected chi connectivity index (χ4v) is 2.22. The summed E-state index contributed by atoms with van der Waals surface area (Å²) in [5.41, 5.74) is 1.98. The Kier molecular flexibility index (Phi) is 4.93. The third-order valence-electron chi connectivity index (χ3n) is 3.53. The molecule has 0 aliphatic heterocycles. The highest BCUT2D eigenvalue weighted by Gasteiger charge is 2.10. The molecule has 0 aliphatic rings. The zero-order chi connectivity index (χ0) is 13.7. The second-order valence-corrected chi connectivity index (χ2v) is 5.18. The molecule has 2 aromatic rings. The van der Waals surface area contributed by atoms with Gasteiger partial charge in [-0.15, -0.1) is 0 Å². The summed E-state index contributed by atoms with van der Waals surface area (Å²) >= 11 is 0. The third kappa shape index (κ3) is 3.78. The minimum Gasteiger partial charge on any atom is -0.388 e. The second kappa shape index (κ2) is 6.68. The van der Waals surface area contributed by atoms with Crippen LogP contribution in [0.1, 0.15) is 37.9 Å². The first kappa shape index (κ1) is 14.0. The number of H-pyrrole nitrogens is 1. The maximum Gasteiger partial charge on any atom is 0.0802 e. The SMILES string of the molecule is CCCCN(C)CCC(O)c1ccc2[nH]ncc2c1. The second-order valence-electron chi connectivity index (χ2n) is 5.18. The van der Waals surface area contributed by atoms with Crippen molar-refractivity contribution in [2.24, 2.45) is 0 Å². The summed E-state index contributed by atoms with van der Waals surface area (Å²) in [6, 6.07) is 5.95. The van der Waals surface area contributed by atoms with Crippen LogP contribution in [0.2, 0.25) is 0 Å². The van der Waals surface area contributed by atoms with Crippen molar-refractivity contribution in [2.75, 3.05) is 20.1 Å². The maximum atomic E-state index is 10.2. The predicted molar refractivity (Wildman–Crippen MR) is 78.1 cm³/mol. The normalized spacial score (nSPS) is 13.3. The van der Waals surface area contributed by atoms with Gasteiger partial charge in [0.25, 0.3) is 0 Å². The van der Waals surface area contributed by atoms with Crippen molar-refractivity contribution in [3.63, 3.8) is 0 Å². The summed E-state index contributed by atoms with van der Waals surface area (Å²) in [5.74, 6) is 0. The zero-order valence-electron chi connectivity index (χ0n) is 11.8. The lowest BCUT2D eigenvalue weighted by molar-refractivity contribution is 0.149. The molecule has 1 heterocycles. The van der Waals surface area contributed by atoms with Crippen LogP contribution in [-0.4, -0.2) is 40.3 Å². The number of benzene rings is 1. The molecular formula is C15H23N3O. The van der Waals surface area contributed by atoms with Gasteiger partial charge in [0.1, 0.15) is 0 Å². The predicted octanol–water partition coefficient (Wildman–Crippen LogP) is 2.72. The highest BCUT2D eigenvalue weighted by atomic mass is 16.3. The number of aromatic nitrogens is 2. The highest BCUT2D eigenvalue weighted by Crippen LogP contribution is 2.21. The minimum atomic E-state index is -0.400. The van der Waals surface area contributed by atoms with Crippen molar-refractivity contribution in [2.45, 2.75) is 32.3 Å². The van der Waals surface area contributed by atoms with Crippen LogP contribution in [0, 0.1) is 0 Å². The minimum absolute atomic E-state index is 0.400. The standard InChI is InChI=1S/C15H23N3O/c1-3-4-8-18(2)9-7-15(19)12-5-6-14-13(10-12)11-16-17-14/h5-6,10-11,15,19H,3-4,7-9H2,1-2H3,(H,16,17). The fourth-order valence-electron chi connectivity index (χ4n) is 2.22. The van der Waals surface area contributed by atoms with Crippen LogP contribution in [0.5, 0.6) is 0 Å². The molecule has 0 amide bonds. The molecule has 19 heavy (non-hydrogen) atoms. The van der Waals surface area contributed by atoms with Crippen LogP contribution in [0.3, 0.4) is 0 Å². The molecule has 0 fully saturated rings. The average molecular weight is 261 g/mol. The molecule has 0 radical (unpaired) electrons. The Hall–Kier alpha value is -1.39. The van der Waals surface area contributed by atoms with E-state index in [0.29, 0.717) is 0 Å². The number of rotatable bonds is 7. The van der Waals surface area contributed by atoms with E-state index in [9.17, 15) is 5.11 Å². The van der Waals surface area contributed by atoms with Crippen LogP contribution in [-0.2, 0) is 0 Å². The van der Waals surface area contributed by atoms with E-state index in [1.807, 2.05) is 18.2 Å². The Morgan fingerprint density at radius 3 is 3.00 bits per heavy atom. The van der Waals surface area contributed by atoms with E-state index < -0.39 is 6.10 Å². The number of fused-ring (bicyclic) bond motifs is 1. The molecule has 1 aromatic carbocycles. The van der Waals surface area contributed by atoms with Gasteiger partial charge in [-0.1, -0.05) is 19.4 Å². The smallest absolute Gasteiger partial charge is 0.0802 e. The van der Waals surface area contributed by atoms with Crippen molar-refractivity contribution in [1.29, 1.82) is 0 Å². The molecule has 1 atom stereocenters. The molecular weight excluding hydrogens is 238 g/mol. The van der Waals surface area contributed by atoms with E-state index in [1.54, 1.807) is 6.20 Å². The molecule has 2 N–H and O–H groups in total. The van der Waals surface area contributed by atoms with Crippen LogP contribution in [0.4, 0.5) is 0 Å². The lowest BCUT2D eigenvalue weighted by Crippen LogP contribution is -2.22. The molecule has 2 rings (SSSR count). The fraction of sp³-hybridized carbons (Fsp3) is 0.533. The number of aliphatic hydroxyl groups excluding tert-OH is 1. The van der Waals surface area contributed by atoms with Crippen LogP contribution in [0.15, 0.2) is 24.4 Å². The molecule has 1 unspecified atom stereocenters. The largest absolute Gasteiger partial charge is 0.388 e. The topological polar surface area (TPSA) is 52.1 Å². The van der Waals surface area contributed by atoms with E-state index in [0.717, 1.165) is 36.0 Å². The molecule has 4 nitrogen and oxygen atoms in total. The van der Waals surface area contributed by atoms with Crippen LogP contribution in [0.25, 0.3) is 10.9 Å². The van der Waals surface area contributed by atoms with Gasteiger partial charge < -0.3 is 10.0 Å². The summed E-state index contributed by atoms with van der Waals surface area (Å²) in [6.07, 6.45) is 4.59. The Labute approximate surface area is 114 Å². The Balaban J connectivity index is 1.90. The number of aliphatic hydroxyl groups is 1. The Bertz CT molecular complexity index is 509. The molecule has 0 saturated carbocycles. The van der Waals surface area contributed by atoms with Crippen molar-refractivity contribution in [3.05, 3.63) is 30.0 Å². The van der Waals surface area contributed by atoms with Gasteiger partial charge in [-0.3, -0.25) is 5.10 Å². The van der Waals surface area contributed by atoms with Gasteiger partial charge in [0.05, 0.1) is 17.8 Å². The van der Waals surface area contributed by atoms with Crippen LogP contribution < -0.4 is 0 Å². The molecule has 0 bridgehead atoms.